The van der Waals surface area contributed by atoms with Crippen LogP contribution in [0.4, 0.5) is 5.95 Å². The summed E-state index contributed by atoms with van der Waals surface area (Å²) >= 11 is 0. The van der Waals surface area contributed by atoms with Crippen LogP contribution in [0.1, 0.15) is 16.7 Å². The van der Waals surface area contributed by atoms with E-state index in [2.05, 4.69) is 10.1 Å². The maximum atomic E-state index is 10.5. The highest BCUT2D eigenvalue weighted by molar-refractivity contribution is 5.30. The fourth-order valence-electron chi connectivity index (χ4n) is 1.59. The van der Waals surface area contributed by atoms with E-state index in [1.165, 1.54) is 11.0 Å². The molecule has 6 heteroatoms. The van der Waals surface area contributed by atoms with Crippen molar-refractivity contribution in [2.45, 2.75) is 20.4 Å². The third-order valence-corrected chi connectivity index (χ3v) is 2.52. The number of nitro groups is 1. The van der Waals surface area contributed by atoms with Crippen LogP contribution in [-0.4, -0.2) is 19.7 Å². The summed E-state index contributed by atoms with van der Waals surface area (Å²) in [4.78, 5) is 13.5. The van der Waals surface area contributed by atoms with Gasteiger partial charge in [0.05, 0.1) is 6.54 Å². The number of aromatic nitrogens is 3. The quantitative estimate of drug-likeness (QED) is 0.598. The van der Waals surface area contributed by atoms with E-state index in [0.717, 1.165) is 16.7 Å². The second-order valence-electron chi connectivity index (χ2n) is 3.93. The minimum absolute atomic E-state index is 0.365. The number of aryl methyl sites for hydroxylation is 2. The topological polar surface area (TPSA) is 73.8 Å². The Morgan fingerprint density at radius 3 is 2.82 bits per heavy atom. The van der Waals surface area contributed by atoms with Crippen molar-refractivity contribution in [1.82, 2.24) is 14.8 Å². The molecule has 0 N–H and O–H groups in total. The van der Waals surface area contributed by atoms with Gasteiger partial charge in [-0.05, 0) is 29.9 Å². The van der Waals surface area contributed by atoms with Gasteiger partial charge in [0.15, 0.2) is 0 Å². The van der Waals surface area contributed by atoms with E-state index in [4.69, 9.17) is 0 Å². The molecule has 88 valence electrons. The van der Waals surface area contributed by atoms with E-state index in [9.17, 15) is 10.1 Å². The van der Waals surface area contributed by atoms with Crippen LogP contribution in [-0.2, 0) is 6.54 Å². The van der Waals surface area contributed by atoms with Gasteiger partial charge in [0.25, 0.3) is 0 Å². The zero-order valence-electron chi connectivity index (χ0n) is 9.62. The van der Waals surface area contributed by atoms with E-state index in [-0.39, 0.29) is 5.95 Å². The zero-order valence-corrected chi connectivity index (χ0v) is 9.62. The fraction of sp³-hybridized carbons (Fsp3) is 0.273. The lowest BCUT2D eigenvalue weighted by molar-refractivity contribution is -0.394. The Labute approximate surface area is 98.1 Å². The molecule has 0 aliphatic rings. The minimum Gasteiger partial charge on any atom is -0.390 e. The number of hydrogen-bond donors (Lipinski definition) is 0. The molecule has 0 aliphatic heterocycles. The lowest BCUT2D eigenvalue weighted by Crippen LogP contribution is -2.03. The summed E-state index contributed by atoms with van der Waals surface area (Å²) < 4.78 is 1.47. The summed E-state index contributed by atoms with van der Waals surface area (Å²) in [6.07, 6.45) is 1.37. The molecule has 0 unspecified atom stereocenters. The third-order valence-electron chi connectivity index (χ3n) is 2.52. The average Bonchev–Trinajstić information content (AvgIpc) is 2.72. The molecule has 1 aromatic heterocycles. The van der Waals surface area contributed by atoms with E-state index >= 15 is 0 Å². The van der Waals surface area contributed by atoms with Crippen molar-refractivity contribution >= 4 is 5.95 Å². The summed E-state index contributed by atoms with van der Waals surface area (Å²) in [5.74, 6) is -0.365. The van der Waals surface area contributed by atoms with Crippen molar-refractivity contribution < 1.29 is 4.92 Å². The second kappa shape index (κ2) is 4.32. The Kier molecular flexibility index (Phi) is 2.86. The molecule has 0 aliphatic carbocycles. The first-order valence-corrected chi connectivity index (χ1v) is 5.16. The Hall–Kier alpha value is -2.24. The maximum absolute atomic E-state index is 10.5. The van der Waals surface area contributed by atoms with Crippen molar-refractivity contribution in [3.63, 3.8) is 0 Å². The van der Waals surface area contributed by atoms with E-state index in [0.29, 0.717) is 6.54 Å². The summed E-state index contributed by atoms with van der Waals surface area (Å²) in [5, 5.41) is 14.2. The standard InChI is InChI=1S/C11H12N4O2/c1-8-3-4-9(2)10(5-8)6-14-7-12-11(13-14)15(16)17/h3-5,7H,6H2,1-2H3. The molecule has 0 atom stereocenters. The van der Waals surface area contributed by atoms with Crippen LogP contribution in [0, 0.1) is 24.0 Å². The molecule has 0 saturated carbocycles. The summed E-state index contributed by atoms with van der Waals surface area (Å²) in [5.41, 5.74) is 3.37. The molecular weight excluding hydrogens is 220 g/mol. The van der Waals surface area contributed by atoms with Crippen LogP contribution in [0.3, 0.4) is 0 Å². The van der Waals surface area contributed by atoms with Gasteiger partial charge in [0.2, 0.25) is 6.33 Å². The van der Waals surface area contributed by atoms with Crippen molar-refractivity contribution in [3.05, 3.63) is 51.3 Å². The van der Waals surface area contributed by atoms with Crippen molar-refractivity contribution in [2.24, 2.45) is 0 Å². The minimum atomic E-state index is -0.598. The van der Waals surface area contributed by atoms with Crippen LogP contribution >= 0.6 is 0 Å². The Balaban J connectivity index is 2.25. The molecule has 2 aromatic rings. The lowest BCUT2D eigenvalue weighted by atomic mass is 10.1. The Bertz CT molecular complexity index is 562. The van der Waals surface area contributed by atoms with Gasteiger partial charge >= 0.3 is 5.95 Å². The van der Waals surface area contributed by atoms with Gasteiger partial charge in [-0.3, -0.25) is 0 Å². The lowest BCUT2D eigenvalue weighted by Gasteiger charge is -2.04. The third kappa shape index (κ3) is 2.47. The number of rotatable bonds is 3. The van der Waals surface area contributed by atoms with E-state index in [1.54, 1.807) is 0 Å². The van der Waals surface area contributed by atoms with Gasteiger partial charge in [0.1, 0.15) is 0 Å². The SMILES string of the molecule is Cc1ccc(C)c(Cn2cnc([N+](=O)[O-])n2)c1. The molecule has 2 rings (SSSR count). The van der Waals surface area contributed by atoms with Gasteiger partial charge in [-0.1, -0.05) is 28.7 Å². The largest absolute Gasteiger partial charge is 0.490 e. The highest BCUT2D eigenvalue weighted by atomic mass is 16.6. The number of nitrogens with zero attached hydrogens (tertiary/aromatic N) is 4. The van der Waals surface area contributed by atoms with Crippen LogP contribution < -0.4 is 0 Å². The predicted octanol–water partition coefficient (Wildman–Crippen LogP) is 1.85. The molecule has 0 radical (unpaired) electrons. The van der Waals surface area contributed by atoms with Crippen molar-refractivity contribution in [2.75, 3.05) is 0 Å². The fourth-order valence-corrected chi connectivity index (χ4v) is 1.59. The summed E-state index contributed by atoms with van der Waals surface area (Å²) in [6, 6.07) is 6.10. The molecule has 0 spiro atoms. The van der Waals surface area contributed by atoms with Crippen molar-refractivity contribution in [1.29, 1.82) is 0 Å². The van der Waals surface area contributed by atoms with Gasteiger partial charge < -0.3 is 10.1 Å². The van der Waals surface area contributed by atoms with Gasteiger partial charge in [0, 0.05) is 5.10 Å². The first-order chi connectivity index (χ1) is 8.06. The molecule has 1 aromatic carbocycles. The summed E-state index contributed by atoms with van der Waals surface area (Å²) in [6.45, 7) is 4.50. The van der Waals surface area contributed by atoms with Crippen LogP contribution in [0.15, 0.2) is 24.5 Å². The highest BCUT2D eigenvalue weighted by Gasteiger charge is 2.13. The van der Waals surface area contributed by atoms with Crippen molar-refractivity contribution in [3.8, 4) is 0 Å². The maximum Gasteiger partial charge on any atom is 0.490 e. The van der Waals surface area contributed by atoms with Gasteiger partial charge in [-0.25, -0.2) is 0 Å². The molecule has 17 heavy (non-hydrogen) atoms. The molecular formula is C11H12N4O2. The van der Waals surface area contributed by atoms with Crippen LogP contribution in [0.5, 0.6) is 0 Å². The Morgan fingerprint density at radius 2 is 2.18 bits per heavy atom. The summed E-state index contributed by atoms with van der Waals surface area (Å²) in [7, 11) is 0. The first kappa shape index (κ1) is 11.3. The molecule has 6 nitrogen and oxygen atoms in total. The van der Waals surface area contributed by atoms with Gasteiger partial charge in [-0.2, -0.15) is 4.68 Å². The van der Waals surface area contributed by atoms with E-state index in [1.807, 2.05) is 32.0 Å². The number of benzene rings is 1. The smallest absolute Gasteiger partial charge is 0.390 e. The number of hydrogen-bond acceptors (Lipinski definition) is 4. The monoisotopic (exact) mass is 232 g/mol. The second-order valence-corrected chi connectivity index (χ2v) is 3.93. The average molecular weight is 232 g/mol. The van der Waals surface area contributed by atoms with Gasteiger partial charge in [-0.15, -0.1) is 0 Å². The molecule has 1 heterocycles. The molecule has 0 amide bonds. The predicted molar refractivity (Wildman–Crippen MR) is 61.7 cm³/mol. The highest BCUT2D eigenvalue weighted by Crippen LogP contribution is 2.12. The normalized spacial score (nSPS) is 10.5. The van der Waals surface area contributed by atoms with Crippen LogP contribution in [0.2, 0.25) is 0 Å². The van der Waals surface area contributed by atoms with Crippen LogP contribution in [0.25, 0.3) is 0 Å². The first-order valence-electron chi connectivity index (χ1n) is 5.16. The molecule has 0 fully saturated rings. The van der Waals surface area contributed by atoms with E-state index < -0.39 is 4.92 Å². The molecule has 0 saturated heterocycles. The Morgan fingerprint density at radius 1 is 1.41 bits per heavy atom. The molecule has 0 bridgehead atoms. The zero-order chi connectivity index (χ0) is 12.4.